The van der Waals surface area contributed by atoms with E-state index in [1.54, 1.807) is 0 Å². The highest BCUT2D eigenvalue weighted by Gasteiger charge is 2.50. The van der Waals surface area contributed by atoms with Gasteiger partial charge in [-0.05, 0) is 32.9 Å². The Morgan fingerprint density at radius 3 is 2.83 bits per heavy atom. The molecule has 0 aromatic heterocycles. The lowest BCUT2D eigenvalue weighted by atomic mass is 9.84. The summed E-state index contributed by atoms with van der Waals surface area (Å²) < 4.78 is 36.0. The molecule has 4 aliphatic heterocycles. The summed E-state index contributed by atoms with van der Waals surface area (Å²) >= 11 is 0. The summed E-state index contributed by atoms with van der Waals surface area (Å²) in [5, 5.41) is 9.15. The third kappa shape index (κ3) is 2.95. The lowest BCUT2D eigenvalue weighted by Gasteiger charge is -2.34. The van der Waals surface area contributed by atoms with E-state index in [9.17, 15) is 8.42 Å². The summed E-state index contributed by atoms with van der Waals surface area (Å²) in [6, 6.07) is 0.106. The van der Waals surface area contributed by atoms with E-state index in [2.05, 4.69) is 15.4 Å². The van der Waals surface area contributed by atoms with Gasteiger partial charge in [-0.25, -0.2) is 0 Å². The molecule has 4 rings (SSSR count). The third-order valence-corrected chi connectivity index (χ3v) is 6.10. The van der Waals surface area contributed by atoms with Gasteiger partial charge in [0.25, 0.3) is 0 Å². The summed E-state index contributed by atoms with van der Waals surface area (Å²) in [6.07, 6.45) is 4.21. The maximum absolute atomic E-state index is 11.1. The zero-order chi connectivity index (χ0) is 16.9. The van der Waals surface area contributed by atoms with Crippen molar-refractivity contribution in [2.24, 2.45) is 5.16 Å². The van der Waals surface area contributed by atoms with Gasteiger partial charge in [-0.1, -0.05) is 5.16 Å². The first-order valence-electron chi connectivity index (χ1n) is 8.54. The zero-order valence-corrected chi connectivity index (χ0v) is 14.5. The number of nitrogens with zero attached hydrogens (tertiary/aromatic N) is 3. The number of oxime groups is 1. The van der Waals surface area contributed by atoms with Crippen molar-refractivity contribution in [3.8, 4) is 0 Å². The van der Waals surface area contributed by atoms with Crippen molar-refractivity contribution in [1.29, 1.82) is 0 Å². The van der Waals surface area contributed by atoms with E-state index in [1.165, 1.54) is 5.06 Å². The predicted octanol–water partition coefficient (Wildman–Crippen LogP) is 0.114. The summed E-state index contributed by atoms with van der Waals surface area (Å²) in [4.78, 5) is 8.03. The molecule has 4 atom stereocenters. The maximum atomic E-state index is 11.1. The van der Waals surface area contributed by atoms with Crippen LogP contribution in [-0.2, 0) is 19.5 Å². The first-order valence-corrected chi connectivity index (χ1v) is 9.90. The third-order valence-electron chi connectivity index (χ3n) is 5.74. The Bertz CT molecular complexity index is 633. The number of hydroxylamine groups is 2. The second-order valence-electron chi connectivity index (χ2n) is 7.22. The van der Waals surface area contributed by atoms with Crippen molar-refractivity contribution < 1.29 is 22.1 Å². The van der Waals surface area contributed by atoms with E-state index in [1.807, 2.05) is 6.92 Å². The molecule has 10 heteroatoms. The normalized spacial score (nSPS) is 39.0. The van der Waals surface area contributed by atoms with Crippen molar-refractivity contribution in [2.75, 3.05) is 19.6 Å². The Balaban J connectivity index is 1.47. The molecule has 0 amide bonds. The molecule has 0 aromatic rings. The molecule has 0 radical (unpaired) electrons. The monoisotopic (exact) mass is 360 g/mol. The van der Waals surface area contributed by atoms with Gasteiger partial charge >= 0.3 is 10.4 Å². The van der Waals surface area contributed by atoms with E-state index >= 15 is 0 Å². The van der Waals surface area contributed by atoms with Crippen LogP contribution in [0, 0.1) is 0 Å². The van der Waals surface area contributed by atoms with Crippen LogP contribution in [0.5, 0.6) is 0 Å². The summed E-state index contributed by atoms with van der Waals surface area (Å²) in [5.41, 5.74) is 0.890. The van der Waals surface area contributed by atoms with Gasteiger partial charge in [0, 0.05) is 25.8 Å². The fourth-order valence-electron chi connectivity index (χ4n) is 4.52. The van der Waals surface area contributed by atoms with Crippen molar-refractivity contribution in [1.82, 2.24) is 15.3 Å². The Labute approximate surface area is 141 Å². The molecule has 2 bridgehead atoms. The highest BCUT2D eigenvalue weighted by Crippen LogP contribution is 2.39. The number of rotatable bonds is 3. The van der Waals surface area contributed by atoms with Gasteiger partial charge in [0.2, 0.25) is 0 Å². The van der Waals surface area contributed by atoms with Crippen molar-refractivity contribution in [3.63, 3.8) is 0 Å². The highest BCUT2D eigenvalue weighted by molar-refractivity contribution is 7.80. The van der Waals surface area contributed by atoms with Gasteiger partial charge in [-0.3, -0.25) is 9.45 Å². The van der Waals surface area contributed by atoms with E-state index in [4.69, 9.17) is 13.7 Å². The number of nitrogens with one attached hydrogen (secondary N) is 1. The Morgan fingerprint density at radius 1 is 1.38 bits per heavy atom. The topological polar surface area (TPSA) is 104 Å². The molecule has 0 aliphatic carbocycles. The van der Waals surface area contributed by atoms with Crippen molar-refractivity contribution in [2.45, 2.75) is 62.9 Å². The smallest absolute Gasteiger partial charge is 0.389 e. The van der Waals surface area contributed by atoms with Crippen LogP contribution < -0.4 is 5.32 Å². The molecule has 9 nitrogen and oxygen atoms in total. The number of hydrogen-bond donors (Lipinski definition) is 2. The average Bonchev–Trinajstić information content (AvgIpc) is 3.03. The second-order valence-corrected chi connectivity index (χ2v) is 8.23. The highest BCUT2D eigenvalue weighted by atomic mass is 32.3. The molecule has 0 aromatic carbocycles. The van der Waals surface area contributed by atoms with Crippen molar-refractivity contribution >= 4 is 16.1 Å². The van der Waals surface area contributed by atoms with Crippen LogP contribution in [0.4, 0.5) is 0 Å². The molecule has 3 fully saturated rings. The minimum atomic E-state index is -4.50. The van der Waals surface area contributed by atoms with Gasteiger partial charge in [0.1, 0.15) is 5.60 Å². The van der Waals surface area contributed by atoms with Crippen LogP contribution in [0.15, 0.2) is 5.16 Å². The molecular weight excluding hydrogens is 336 g/mol. The number of fused-ring (bicyclic) bond motifs is 2. The maximum Gasteiger partial charge on any atom is 0.413 e. The van der Waals surface area contributed by atoms with Crippen LogP contribution in [0.25, 0.3) is 0 Å². The summed E-state index contributed by atoms with van der Waals surface area (Å²) in [5.74, 6) is 0. The minimum Gasteiger partial charge on any atom is -0.389 e. The van der Waals surface area contributed by atoms with E-state index in [0.717, 1.165) is 50.9 Å². The first kappa shape index (κ1) is 16.7. The van der Waals surface area contributed by atoms with E-state index in [0.29, 0.717) is 6.54 Å². The molecule has 2 N–H and O–H groups in total. The molecule has 136 valence electrons. The van der Waals surface area contributed by atoms with Crippen LogP contribution >= 0.6 is 0 Å². The zero-order valence-electron chi connectivity index (χ0n) is 13.7. The van der Waals surface area contributed by atoms with Crippen LogP contribution in [0.2, 0.25) is 0 Å². The Hall–Kier alpha value is -0.780. The van der Waals surface area contributed by atoms with Gasteiger partial charge in [0.05, 0.1) is 24.0 Å². The molecule has 2 unspecified atom stereocenters. The van der Waals surface area contributed by atoms with Crippen LogP contribution in [-0.4, -0.2) is 72.1 Å². The number of hydrogen-bond acceptors (Lipinski definition) is 8. The van der Waals surface area contributed by atoms with Crippen LogP contribution in [0.1, 0.15) is 39.0 Å². The predicted molar refractivity (Wildman–Crippen MR) is 85.4 cm³/mol. The molecule has 1 spiro atoms. The first-order chi connectivity index (χ1) is 11.4. The van der Waals surface area contributed by atoms with Gasteiger partial charge in [-0.2, -0.15) is 12.7 Å². The standard InChI is InChI=1S/C14H24N4O5S/c1-10-17-9-11(18(10)23-24(19,20)21)2-3-13(17)12-8-14(22-16-12)4-6-15-7-5-14/h10-11,13,15H,2-9H2,1H3,(H,19,20,21)/t10?,11-,13-/m0/s1. The Morgan fingerprint density at radius 2 is 2.12 bits per heavy atom. The minimum absolute atomic E-state index is 0.0334. The molecular formula is C14H24N4O5S. The molecule has 0 saturated carbocycles. The van der Waals surface area contributed by atoms with E-state index < -0.39 is 10.4 Å². The number of piperidine rings is 2. The van der Waals surface area contributed by atoms with Gasteiger partial charge < -0.3 is 10.2 Å². The van der Waals surface area contributed by atoms with Crippen molar-refractivity contribution in [3.05, 3.63) is 0 Å². The summed E-state index contributed by atoms with van der Waals surface area (Å²) in [7, 11) is -4.50. The molecule has 3 saturated heterocycles. The SMILES string of the molecule is CC1N2C[C@H](CC[C@H]2C2=NOC3(CCNCC3)C2)N1OS(=O)(=O)O. The molecule has 24 heavy (non-hydrogen) atoms. The quantitative estimate of drug-likeness (QED) is 0.684. The summed E-state index contributed by atoms with van der Waals surface area (Å²) in [6.45, 7) is 4.49. The molecule has 4 heterocycles. The van der Waals surface area contributed by atoms with Gasteiger partial charge in [0.15, 0.2) is 0 Å². The average molecular weight is 360 g/mol. The fraction of sp³-hybridized carbons (Fsp3) is 0.929. The lowest BCUT2D eigenvalue weighted by Crippen LogP contribution is -2.48. The van der Waals surface area contributed by atoms with E-state index in [-0.39, 0.29) is 23.9 Å². The second kappa shape index (κ2) is 5.89. The fourth-order valence-corrected chi connectivity index (χ4v) is 4.98. The lowest BCUT2D eigenvalue weighted by molar-refractivity contribution is -0.111. The van der Waals surface area contributed by atoms with Crippen LogP contribution in [0.3, 0.4) is 0 Å². The molecule has 4 aliphatic rings. The Kier molecular flexibility index (Phi) is 4.09. The van der Waals surface area contributed by atoms with Gasteiger partial charge in [-0.15, -0.1) is 5.06 Å². The largest absolute Gasteiger partial charge is 0.413 e.